The van der Waals surface area contributed by atoms with E-state index in [0.717, 1.165) is 11.1 Å². The third-order valence-electron chi connectivity index (χ3n) is 5.37. The van der Waals surface area contributed by atoms with E-state index in [1.54, 1.807) is 17.0 Å². The molecule has 0 saturated carbocycles. The van der Waals surface area contributed by atoms with Gasteiger partial charge in [0.15, 0.2) is 5.11 Å². The minimum Gasteiger partial charge on any atom is -0.353 e. The highest BCUT2D eigenvalue weighted by Gasteiger charge is 2.36. The van der Waals surface area contributed by atoms with Gasteiger partial charge in [0.05, 0.1) is 10.5 Å². The van der Waals surface area contributed by atoms with Crippen molar-refractivity contribution in [3.05, 3.63) is 53.2 Å². The monoisotopic (exact) mass is 557 g/mol. The van der Waals surface area contributed by atoms with Crippen LogP contribution in [-0.2, 0) is 22.6 Å². The maximum absolute atomic E-state index is 13.3. The molecule has 1 saturated heterocycles. The molecule has 2 aromatic heterocycles. The lowest BCUT2D eigenvalue weighted by Crippen LogP contribution is -2.50. The van der Waals surface area contributed by atoms with Crippen LogP contribution < -0.4 is 14.9 Å². The summed E-state index contributed by atoms with van der Waals surface area (Å²) in [5.41, 5.74) is -0.185. The number of aryl methyl sites for hydroxylation is 1. The van der Waals surface area contributed by atoms with Crippen LogP contribution in [0.2, 0.25) is 0 Å². The number of piperazine rings is 1. The number of rotatable bonds is 6. The van der Waals surface area contributed by atoms with Crippen LogP contribution in [0, 0.1) is 0 Å². The lowest BCUT2D eigenvalue weighted by molar-refractivity contribution is -0.137. The zero-order valence-electron chi connectivity index (χ0n) is 19.0. The molecule has 9 nitrogen and oxygen atoms in total. The number of hydrogen-bond acceptors (Lipinski definition) is 8. The molecule has 0 radical (unpaired) electrons. The van der Waals surface area contributed by atoms with E-state index < -0.39 is 21.8 Å². The lowest BCUT2D eigenvalue weighted by Gasteiger charge is -2.37. The first-order chi connectivity index (χ1) is 17.1. The summed E-state index contributed by atoms with van der Waals surface area (Å²) in [6.07, 6.45) is -2.48. The van der Waals surface area contributed by atoms with Crippen molar-refractivity contribution < 1.29 is 21.6 Å². The van der Waals surface area contributed by atoms with Gasteiger partial charge in [-0.2, -0.15) is 13.2 Å². The molecular weight excluding hydrogens is 535 g/mol. The maximum Gasteiger partial charge on any atom is 0.419 e. The van der Waals surface area contributed by atoms with E-state index in [1.165, 1.54) is 35.7 Å². The van der Waals surface area contributed by atoms with E-state index >= 15 is 0 Å². The fourth-order valence-electron chi connectivity index (χ4n) is 3.52. The number of aromatic nitrogens is 3. The van der Waals surface area contributed by atoms with Gasteiger partial charge in [0, 0.05) is 38.1 Å². The average molecular weight is 558 g/mol. The van der Waals surface area contributed by atoms with E-state index in [2.05, 4.69) is 25.2 Å². The number of hydrogen-bond donors (Lipinski definition) is 2. The molecule has 0 amide bonds. The van der Waals surface area contributed by atoms with Gasteiger partial charge in [0.25, 0.3) is 10.0 Å². The molecule has 1 aromatic carbocycles. The van der Waals surface area contributed by atoms with Crippen molar-refractivity contribution in [2.45, 2.75) is 24.4 Å². The molecule has 0 unspecified atom stereocenters. The van der Waals surface area contributed by atoms with Crippen molar-refractivity contribution in [1.29, 1.82) is 0 Å². The fraction of sp³-hybridized carbons (Fsp3) is 0.333. The van der Waals surface area contributed by atoms with Crippen molar-refractivity contribution in [3.63, 3.8) is 0 Å². The number of anilines is 3. The van der Waals surface area contributed by atoms with Crippen molar-refractivity contribution >= 4 is 55.3 Å². The van der Waals surface area contributed by atoms with Crippen LogP contribution in [0.4, 0.5) is 29.8 Å². The van der Waals surface area contributed by atoms with Crippen LogP contribution in [-0.4, -0.2) is 59.8 Å². The van der Waals surface area contributed by atoms with E-state index in [0.29, 0.717) is 43.4 Å². The predicted molar refractivity (Wildman–Crippen MR) is 136 cm³/mol. The van der Waals surface area contributed by atoms with Gasteiger partial charge in [-0.1, -0.05) is 18.3 Å². The molecule has 192 valence electrons. The molecule has 36 heavy (non-hydrogen) atoms. The second kappa shape index (κ2) is 10.5. The molecule has 0 bridgehead atoms. The Balaban J connectivity index is 1.34. The average Bonchev–Trinajstić information content (AvgIpc) is 3.31. The molecule has 1 aliphatic rings. The van der Waals surface area contributed by atoms with Crippen molar-refractivity contribution in [1.82, 2.24) is 20.1 Å². The molecule has 0 aliphatic carbocycles. The van der Waals surface area contributed by atoms with Gasteiger partial charge < -0.3 is 15.1 Å². The molecule has 4 rings (SSSR count). The standard InChI is InChI=1S/C21H22F3N7O2S3/c1-2-17-27-28-19(35-17)29-36(32,33)15-7-5-14(6-8-15)26-20(34)31-12-10-30(11-13-31)18-16(21(22,23)24)4-3-9-25-18/h3-9H,2,10-13H2,1H3,(H,26,34)(H,28,29). The highest BCUT2D eigenvalue weighted by atomic mass is 32.2. The zero-order chi connectivity index (χ0) is 25.9. The van der Waals surface area contributed by atoms with Gasteiger partial charge in [0.1, 0.15) is 10.8 Å². The smallest absolute Gasteiger partial charge is 0.353 e. The summed E-state index contributed by atoms with van der Waals surface area (Å²) in [6.45, 7) is 3.33. The summed E-state index contributed by atoms with van der Waals surface area (Å²) in [5.74, 6) is -0.0895. The summed E-state index contributed by atoms with van der Waals surface area (Å²) >= 11 is 6.63. The van der Waals surface area contributed by atoms with Crippen LogP contribution in [0.1, 0.15) is 17.5 Å². The van der Waals surface area contributed by atoms with Gasteiger partial charge in [-0.25, -0.2) is 13.4 Å². The van der Waals surface area contributed by atoms with E-state index in [9.17, 15) is 21.6 Å². The first-order valence-corrected chi connectivity index (χ1v) is 13.6. The number of halogens is 3. The number of alkyl halides is 3. The largest absolute Gasteiger partial charge is 0.419 e. The van der Waals surface area contributed by atoms with Crippen LogP contribution in [0.3, 0.4) is 0 Å². The van der Waals surface area contributed by atoms with Gasteiger partial charge >= 0.3 is 6.18 Å². The first kappa shape index (κ1) is 26.0. The molecule has 2 N–H and O–H groups in total. The van der Waals surface area contributed by atoms with Gasteiger partial charge in [0.2, 0.25) is 5.13 Å². The SMILES string of the molecule is CCc1nnc(NS(=O)(=O)c2ccc(NC(=S)N3CCN(c4ncccc4C(F)(F)F)CC3)cc2)s1. The van der Waals surface area contributed by atoms with Crippen LogP contribution >= 0.6 is 23.6 Å². The Hall–Kier alpha value is -3.04. The maximum atomic E-state index is 13.3. The van der Waals surface area contributed by atoms with Gasteiger partial charge in [-0.3, -0.25) is 4.72 Å². The number of thiocarbonyl (C=S) groups is 1. The second-order valence-corrected chi connectivity index (χ2v) is 10.9. The lowest BCUT2D eigenvalue weighted by atomic mass is 10.2. The number of benzene rings is 1. The van der Waals surface area contributed by atoms with Crippen molar-refractivity contribution in [3.8, 4) is 0 Å². The topological polar surface area (TPSA) is 103 Å². The van der Waals surface area contributed by atoms with Crippen LogP contribution in [0.5, 0.6) is 0 Å². The fourth-order valence-corrected chi connectivity index (χ4v) is 5.73. The highest BCUT2D eigenvalue weighted by Crippen LogP contribution is 2.35. The Morgan fingerprint density at radius 3 is 2.42 bits per heavy atom. The highest BCUT2D eigenvalue weighted by molar-refractivity contribution is 7.93. The Bertz CT molecular complexity index is 1320. The predicted octanol–water partition coefficient (Wildman–Crippen LogP) is 3.83. The molecule has 15 heteroatoms. The number of nitrogens with zero attached hydrogens (tertiary/aromatic N) is 5. The molecule has 1 aliphatic heterocycles. The number of sulfonamides is 1. The summed E-state index contributed by atoms with van der Waals surface area (Å²) in [4.78, 5) is 7.43. The van der Waals surface area contributed by atoms with Crippen molar-refractivity contribution in [2.24, 2.45) is 0 Å². The molecule has 0 atom stereocenters. The summed E-state index contributed by atoms with van der Waals surface area (Å²) < 4.78 is 67.6. The third kappa shape index (κ3) is 6.02. The first-order valence-electron chi connectivity index (χ1n) is 10.8. The zero-order valence-corrected chi connectivity index (χ0v) is 21.4. The van der Waals surface area contributed by atoms with E-state index in [1.807, 2.05) is 11.8 Å². The second-order valence-electron chi connectivity index (χ2n) is 7.76. The minimum atomic E-state index is -4.48. The summed E-state index contributed by atoms with van der Waals surface area (Å²) in [7, 11) is -3.83. The molecule has 3 aromatic rings. The molecular formula is C21H22F3N7O2S3. The quantitative estimate of drug-likeness (QED) is 0.438. The molecule has 1 fully saturated rings. The molecule has 0 spiro atoms. The Labute approximate surface area is 215 Å². The van der Waals surface area contributed by atoms with Gasteiger partial charge in [-0.15, -0.1) is 10.2 Å². The number of nitrogens with one attached hydrogen (secondary N) is 2. The molecule has 3 heterocycles. The van der Waals surface area contributed by atoms with Gasteiger partial charge in [-0.05, 0) is 55.0 Å². The van der Waals surface area contributed by atoms with E-state index in [-0.39, 0.29) is 15.8 Å². The van der Waals surface area contributed by atoms with Crippen LogP contribution in [0.15, 0.2) is 47.5 Å². The Morgan fingerprint density at radius 1 is 1.11 bits per heavy atom. The minimum absolute atomic E-state index is 0.0525. The van der Waals surface area contributed by atoms with Crippen LogP contribution in [0.25, 0.3) is 0 Å². The third-order valence-corrected chi connectivity index (χ3v) is 8.19. The normalized spacial score (nSPS) is 14.6. The Morgan fingerprint density at radius 2 is 1.81 bits per heavy atom. The van der Waals surface area contributed by atoms with E-state index in [4.69, 9.17) is 12.2 Å². The Kier molecular flexibility index (Phi) is 7.61. The number of pyridine rings is 1. The summed E-state index contributed by atoms with van der Waals surface area (Å²) in [5, 5.41) is 12.1. The van der Waals surface area contributed by atoms with Crippen molar-refractivity contribution in [2.75, 3.05) is 41.1 Å². The summed E-state index contributed by atoms with van der Waals surface area (Å²) in [6, 6.07) is 8.33.